The number of hydrogen-bond donors (Lipinski definition) is 2. The number of nitrogens with one attached hydrogen (secondary N) is 1. The van der Waals surface area contributed by atoms with Gasteiger partial charge in [-0.15, -0.1) is 0 Å². The molecule has 20 heavy (non-hydrogen) atoms. The molecule has 0 saturated heterocycles. The molecule has 1 aliphatic carbocycles. The summed E-state index contributed by atoms with van der Waals surface area (Å²) in [6.07, 6.45) is 4.40. The predicted octanol–water partition coefficient (Wildman–Crippen LogP) is 3.43. The molecule has 0 spiro atoms. The van der Waals surface area contributed by atoms with E-state index in [-0.39, 0.29) is 21.0 Å². The van der Waals surface area contributed by atoms with E-state index in [1.807, 2.05) is 6.92 Å². The largest absolute Gasteiger partial charge is 0.399 e. The van der Waals surface area contributed by atoms with E-state index in [4.69, 9.17) is 28.9 Å². The zero-order valence-electron chi connectivity index (χ0n) is 11.2. The Labute approximate surface area is 129 Å². The second-order valence-electron chi connectivity index (χ2n) is 5.27. The van der Waals surface area contributed by atoms with Crippen LogP contribution in [0.3, 0.4) is 0 Å². The number of nitrogen functional groups attached to an aromatic ring is 1. The summed E-state index contributed by atoms with van der Waals surface area (Å²) in [5.74, 6) is 0.371. The first kappa shape index (κ1) is 15.9. The number of nitrogens with two attached hydrogens (primary N) is 1. The average molecular weight is 337 g/mol. The lowest BCUT2D eigenvalue weighted by atomic mass is 10.0. The molecule has 0 radical (unpaired) electrons. The van der Waals surface area contributed by atoms with Gasteiger partial charge in [-0.1, -0.05) is 36.0 Å². The van der Waals surface area contributed by atoms with Crippen LogP contribution in [-0.2, 0) is 10.0 Å². The molecular formula is C13H18Cl2N2O2S. The Morgan fingerprint density at radius 1 is 1.25 bits per heavy atom. The first-order valence-corrected chi connectivity index (χ1v) is 8.82. The molecule has 1 atom stereocenters. The molecule has 1 aliphatic rings. The van der Waals surface area contributed by atoms with E-state index in [1.165, 1.54) is 12.1 Å². The Bertz CT molecular complexity index is 575. The minimum atomic E-state index is -3.74. The predicted molar refractivity (Wildman–Crippen MR) is 82.6 cm³/mol. The first-order chi connectivity index (χ1) is 9.31. The van der Waals surface area contributed by atoms with Gasteiger partial charge in [-0.05, 0) is 37.8 Å². The second kappa shape index (κ2) is 6.10. The van der Waals surface area contributed by atoms with Crippen molar-refractivity contribution in [1.82, 2.24) is 4.72 Å². The van der Waals surface area contributed by atoms with E-state index in [0.717, 1.165) is 25.7 Å². The van der Waals surface area contributed by atoms with Gasteiger partial charge < -0.3 is 5.73 Å². The van der Waals surface area contributed by atoms with Crippen molar-refractivity contribution >= 4 is 38.9 Å². The molecule has 1 aromatic rings. The van der Waals surface area contributed by atoms with Crippen LogP contribution in [-0.4, -0.2) is 14.5 Å². The van der Waals surface area contributed by atoms with Gasteiger partial charge in [0, 0.05) is 11.7 Å². The maximum atomic E-state index is 12.4. The van der Waals surface area contributed by atoms with E-state index >= 15 is 0 Å². The zero-order chi connectivity index (χ0) is 14.9. The number of halogens is 2. The summed E-state index contributed by atoms with van der Waals surface area (Å²) in [4.78, 5) is -0.0973. The van der Waals surface area contributed by atoms with Crippen molar-refractivity contribution in [3.05, 3.63) is 22.2 Å². The fourth-order valence-corrected chi connectivity index (χ4v) is 5.24. The molecule has 1 saturated carbocycles. The molecule has 0 heterocycles. The van der Waals surface area contributed by atoms with Crippen molar-refractivity contribution in [2.24, 2.45) is 5.92 Å². The highest BCUT2D eigenvalue weighted by atomic mass is 35.5. The van der Waals surface area contributed by atoms with Crippen LogP contribution in [0, 0.1) is 5.92 Å². The molecule has 1 aromatic carbocycles. The zero-order valence-corrected chi connectivity index (χ0v) is 13.5. The molecule has 1 unspecified atom stereocenters. The van der Waals surface area contributed by atoms with Crippen LogP contribution in [0.1, 0.15) is 32.6 Å². The van der Waals surface area contributed by atoms with Gasteiger partial charge in [0.05, 0.1) is 10.0 Å². The van der Waals surface area contributed by atoms with Crippen LogP contribution in [0.5, 0.6) is 0 Å². The standard InChI is InChI=1S/C13H18Cl2N2O2S/c1-8(9-4-2-3-5-9)17-20(18,19)13-11(14)6-10(16)7-12(13)15/h6-9,17H,2-5,16H2,1H3. The minimum absolute atomic E-state index is 0.0427. The molecule has 0 amide bonds. The maximum absolute atomic E-state index is 12.4. The number of benzene rings is 1. The summed E-state index contributed by atoms with van der Waals surface area (Å²) >= 11 is 12.0. The molecule has 2 rings (SSSR count). The highest BCUT2D eigenvalue weighted by Crippen LogP contribution is 2.33. The van der Waals surface area contributed by atoms with Gasteiger partial charge in [0.25, 0.3) is 0 Å². The van der Waals surface area contributed by atoms with Crippen molar-refractivity contribution in [1.29, 1.82) is 0 Å². The molecule has 3 N–H and O–H groups in total. The molecule has 7 heteroatoms. The molecular weight excluding hydrogens is 319 g/mol. The Morgan fingerprint density at radius 3 is 2.25 bits per heavy atom. The highest BCUT2D eigenvalue weighted by molar-refractivity contribution is 7.89. The minimum Gasteiger partial charge on any atom is -0.399 e. The number of anilines is 1. The second-order valence-corrected chi connectivity index (χ2v) is 7.73. The molecule has 4 nitrogen and oxygen atoms in total. The maximum Gasteiger partial charge on any atom is 0.243 e. The van der Waals surface area contributed by atoms with Crippen LogP contribution in [0.4, 0.5) is 5.69 Å². The van der Waals surface area contributed by atoms with E-state index in [9.17, 15) is 8.42 Å². The molecule has 112 valence electrons. The summed E-state index contributed by atoms with van der Waals surface area (Å²) in [5, 5.41) is 0.0854. The van der Waals surface area contributed by atoms with Crippen LogP contribution in [0.15, 0.2) is 17.0 Å². The van der Waals surface area contributed by atoms with E-state index in [2.05, 4.69) is 4.72 Å². The molecule has 0 aliphatic heterocycles. The van der Waals surface area contributed by atoms with Gasteiger partial charge in [-0.25, -0.2) is 13.1 Å². The number of sulfonamides is 1. The summed E-state index contributed by atoms with van der Waals surface area (Å²) in [6.45, 7) is 1.88. The van der Waals surface area contributed by atoms with E-state index in [1.54, 1.807) is 0 Å². The van der Waals surface area contributed by atoms with Crippen molar-refractivity contribution in [3.63, 3.8) is 0 Å². The van der Waals surface area contributed by atoms with Crippen molar-refractivity contribution in [2.75, 3.05) is 5.73 Å². The van der Waals surface area contributed by atoms with Crippen LogP contribution in [0.25, 0.3) is 0 Å². The fraction of sp³-hybridized carbons (Fsp3) is 0.538. The smallest absolute Gasteiger partial charge is 0.243 e. The average Bonchev–Trinajstić information content (AvgIpc) is 2.78. The van der Waals surface area contributed by atoms with Crippen molar-refractivity contribution < 1.29 is 8.42 Å². The fourth-order valence-electron chi connectivity index (χ4n) is 2.69. The first-order valence-electron chi connectivity index (χ1n) is 6.58. The Kier molecular flexibility index (Phi) is 4.84. The summed E-state index contributed by atoms with van der Waals surface area (Å²) in [6, 6.07) is 2.65. The van der Waals surface area contributed by atoms with Gasteiger partial charge >= 0.3 is 0 Å². The van der Waals surface area contributed by atoms with Crippen molar-refractivity contribution in [2.45, 2.75) is 43.5 Å². The van der Waals surface area contributed by atoms with Gasteiger partial charge in [-0.2, -0.15) is 0 Å². The Hall–Kier alpha value is -0.490. The highest BCUT2D eigenvalue weighted by Gasteiger charge is 2.28. The lowest BCUT2D eigenvalue weighted by molar-refractivity contribution is 0.424. The summed E-state index contributed by atoms with van der Waals surface area (Å²) in [5.41, 5.74) is 5.92. The monoisotopic (exact) mass is 336 g/mol. The third kappa shape index (κ3) is 3.39. The van der Waals surface area contributed by atoms with Gasteiger partial charge in [0.1, 0.15) is 4.90 Å². The van der Waals surface area contributed by atoms with Crippen molar-refractivity contribution in [3.8, 4) is 0 Å². The Balaban J connectivity index is 2.26. The van der Waals surface area contributed by atoms with Gasteiger partial charge in [-0.3, -0.25) is 0 Å². The van der Waals surface area contributed by atoms with E-state index < -0.39 is 10.0 Å². The van der Waals surface area contributed by atoms with Gasteiger partial charge in [0.15, 0.2) is 0 Å². The third-order valence-electron chi connectivity index (χ3n) is 3.74. The van der Waals surface area contributed by atoms with Crippen LogP contribution in [0.2, 0.25) is 10.0 Å². The lowest BCUT2D eigenvalue weighted by Gasteiger charge is -2.21. The number of rotatable bonds is 4. The topological polar surface area (TPSA) is 72.2 Å². The Morgan fingerprint density at radius 2 is 1.75 bits per heavy atom. The number of hydrogen-bond acceptors (Lipinski definition) is 3. The molecule has 0 aromatic heterocycles. The lowest BCUT2D eigenvalue weighted by Crippen LogP contribution is -2.37. The third-order valence-corrected chi connectivity index (χ3v) is 6.22. The molecule has 0 bridgehead atoms. The van der Waals surface area contributed by atoms with Crippen LogP contribution >= 0.6 is 23.2 Å². The SMILES string of the molecule is CC(NS(=O)(=O)c1c(Cl)cc(N)cc1Cl)C1CCCC1. The summed E-state index contributed by atoms with van der Waals surface area (Å²) < 4.78 is 27.5. The molecule has 1 fully saturated rings. The summed E-state index contributed by atoms with van der Waals surface area (Å²) in [7, 11) is -3.74. The van der Waals surface area contributed by atoms with Crippen LogP contribution < -0.4 is 10.5 Å². The van der Waals surface area contributed by atoms with E-state index in [0.29, 0.717) is 11.6 Å². The quantitative estimate of drug-likeness (QED) is 0.827. The normalized spacial score (nSPS) is 18.4. The van der Waals surface area contributed by atoms with Gasteiger partial charge in [0.2, 0.25) is 10.0 Å².